The SMILES string of the molecule is C=C1[C@H](O)CC2C(C)(C)CCC[C@]2(C)[C@H]1CC/C(C)=C/C(=O)O. The highest BCUT2D eigenvalue weighted by Crippen LogP contribution is 2.61. The van der Waals surface area contributed by atoms with Crippen molar-refractivity contribution in [1.29, 1.82) is 0 Å². The van der Waals surface area contributed by atoms with Crippen molar-refractivity contribution >= 4 is 5.97 Å². The van der Waals surface area contributed by atoms with Crippen LogP contribution >= 0.6 is 0 Å². The first kappa shape index (κ1) is 18.3. The van der Waals surface area contributed by atoms with Crippen LogP contribution in [0.3, 0.4) is 0 Å². The van der Waals surface area contributed by atoms with Crippen molar-refractivity contribution in [2.24, 2.45) is 22.7 Å². The molecule has 0 spiro atoms. The van der Waals surface area contributed by atoms with Crippen molar-refractivity contribution in [1.82, 2.24) is 0 Å². The maximum Gasteiger partial charge on any atom is 0.328 e. The van der Waals surface area contributed by atoms with Crippen LogP contribution < -0.4 is 0 Å². The summed E-state index contributed by atoms with van der Waals surface area (Å²) in [6.07, 6.45) is 6.97. The molecule has 0 bridgehead atoms. The van der Waals surface area contributed by atoms with Gasteiger partial charge in [-0.1, -0.05) is 39.3 Å². The van der Waals surface area contributed by atoms with Gasteiger partial charge >= 0.3 is 5.97 Å². The molecule has 2 rings (SSSR count). The summed E-state index contributed by atoms with van der Waals surface area (Å²) in [6, 6.07) is 0. The van der Waals surface area contributed by atoms with Gasteiger partial charge in [-0.2, -0.15) is 0 Å². The van der Waals surface area contributed by atoms with Crippen molar-refractivity contribution in [3.63, 3.8) is 0 Å². The van der Waals surface area contributed by atoms with Crippen molar-refractivity contribution in [3.8, 4) is 0 Å². The average Bonchev–Trinajstić information content (AvgIpc) is 2.40. The van der Waals surface area contributed by atoms with Gasteiger partial charge in [0.2, 0.25) is 0 Å². The van der Waals surface area contributed by atoms with E-state index in [0.29, 0.717) is 5.92 Å². The quantitative estimate of drug-likeness (QED) is 0.589. The number of carboxylic acid groups (broad SMARTS) is 1. The lowest BCUT2D eigenvalue weighted by Gasteiger charge is -2.59. The van der Waals surface area contributed by atoms with Crippen molar-refractivity contribution in [3.05, 3.63) is 23.8 Å². The van der Waals surface area contributed by atoms with Crippen LogP contribution in [0.2, 0.25) is 0 Å². The van der Waals surface area contributed by atoms with Gasteiger partial charge in [0.05, 0.1) is 6.10 Å². The van der Waals surface area contributed by atoms with Crippen LogP contribution in [0.5, 0.6) is 0 Å². The third-order valence-electron chi connectivity index (χ3n) is 6.60. The Labute approximate surface area is 140 Å². The van der Waals surface area contributed by atoms with E-state index in [0.717, 1.165) is 30.4 Å². The van der Waals surface area contributed by atoms with Crippen LogP contribution in [0.4, 0.5) is 0 Å². The van der Waals surface area contributed by atoms with E-state index >= 15 is 0 Å². The number of aliphatic hydroxyl groups is 1. The summed E-state index contributed by atoms with van der Waals surface area (Å²) in [7, 11) is 0. The van der Waals surface area contributed by atoms with Crippen LogP contribution in [0.1, 0.15) is 66.2 Å². The Balaban J connectivity index is 2.24. The van der Waals surface area contributed by atoms with Crippen molar-refractivity contribution in [2.75, 3.05) is 0 Å². The van der Waals surface area contributed by atoms with E-state index in [1.54, 1.807) is 0 Å². The first-order chi connectivity index (χ1) is 10.6. The molecule has 0 heterocycles. The summed E-state index contributed by atoms with van der Waals surface area (Å²) in [5.41, 5.74) is 2.27. The minimum Gasteiger partial charge on any atom is -0.478 e. The zero-order valence-corrected chi connectivity index (χ0v) is 15.1. The highest BCUT2D eigenvalue weighted by molar-refractivity contribution is 5.80. The monoisotopic (exact) mass is 320 g/mol. The fourth-order valence-electron chi connectivity index (χ4n) is 5.37. The van der Waals surface area contributed by atoms with Gasteiger partial charge in [0.1, 0.15) is 0 Å². The number of rotatable bonds is 4. The van der Waals surface area contributed by atoms with Crippen LogP contribution in [0.15, 0.2) is 23.8 Å². The molecule has 2 saturated carbocycles. The van der Waals surface area contributed by atoms with E-state index in [1.165, 1.54) is 25.3 Å². The minimum atomic E-state index is -0.882. The topological polar surface area (TPSA) is 57.5 Å². The molecular weight excluding hydrogens is 288 g/mol. The minimum absolute atomic E-state index is 0.168. The number of carboxylic acids is 1. The molecule has 3 nitrogen and oxygen atoms in total. The molecule has 2 aliphatic carbocycles. The molecule has 0 aliphatic heterocycles. The Morgan fingerprint density at radius 2 is 2.00 bits per heavy atom. The van der Waals surface area contributed by atoms with E-state index in [9.17, 15) is 9.90 Å². The molecule has 0 amide bonds. The van der Waals surface area contributed by atoms with E-state index in [-0.39, 0.29) is 16.7 Å². The summed E-state index contributed by atoms with van der Waals surface area (Å²) in [5, 5.41) is 19.4. The predicted octanol–water partition coefficient (Wildman–Crippen LogP) is 4.57. The second-order valence-corrected chi connectivity index (χ2v) is 8.65. The molecule has 2 N–H and O–H groups in total. The molecule has 23 heavy (non-hydrogen) atoms. The lowest BCUT2D eigenvalue weighted by atomic mass is 9.46. The van der Waals surface area contributed by atoms with Gasteiger partial charge in [0.25, 0.3) is 0 Å². The molecule has 4 atom stereocenters. The highest BCUT2D eigenvalue weighted by Gasteiger charge is 2.54. The van der Waals surface area contributed by atoms with Gasteiger partial charge in [-0.3, -0.25) is 0 Å². The molecule has 0 aromatic rings. The van der Waals surface area contributed by atoms with Gasteiger partial charge in [-0.05, 0) is 67.3 Å². The number of allylic oxidation sites excluding steroid dienone is 1. The Morgan fingerprint density at radius 1 is 1.35 bits per heavy atom. The van der Waals surface area contributed by atoms with Crippen molar-refractivity contribution in [2.45, 2.75) is 72.3 Å². The van der Waals surface area contributed by atoms with Gasteiger partial charge in [0.15, 0.2) is 0 Å². The number of hydrogen-bond donors (Lipinski definition) is 2. The zero-order chi connectivity index (χ0) is 17.4. The zero-order valence-electron chi connectivity index (χ0n) is 15.1. The molecule has 2 aliphatic rings. The van der Waals surface area contributed by atoms with E-state index < -0.39 is 12.1 Å². The average molecular weight is 320 g/mol. The van der Waals surface area contributed by atoms with E-state index in [4.69, 9.17) is 5.11 Å². The summed E-state index contributed by atoms with van der Waals surface area (Å²) < 4.78 is 0. The Morgan fingerprint density at radius 3 is 2.61 bits per heavy atom. The number of fused-ring (bicyclic) bond motifs is 1. The number of carbonyl (C=O) groups is 1. The van der Waals surface area contributed by atoms with Crippen LogP contribution in [0.25, 0.3) is 0 Å². The Kier molecular flexibility index (Phi) is 5.10. The molecule has 1 unspecified atom stereocenters. The first-order valence-corrected chi connectivity index (χ1v) is 8.85. The third-order valence-corrected chi connectivity index (χ3v) is 6.60. The normalized spacial score (nSPS) is 37.3. The van der Waals surface area contributed by atoms with Crippen LogP contribution in [0, 0.1) is 22.7 Å². The molecule has 3 heteroatoms. The summed E-state index contributed by atoms with van der Waals surface area (Å²) in [5.74, 6) is -0.112. The van der Waals surface area contributed by atoms with Gasteiger partial charge in [0, 0.05) is 6.08 Å². The summed E-state index contributed by atoms with van der Waals surface area (Å²) >= 11 is 0. The largest absolute Gasteiger partial charge is 0.478 e. The summed E-state index contributed by atoms with van der Waals surface area (Å²) in [4.78, 5) is 10.8. The van der Waals surface area contributed by atoms with Crippen LogP contribution in [-0.2, 0) is 4.79 Å². The third kappa shape index (κ3) is 3.55. The van der Waals surface area contributed by atoms with E-state index in [1.807, 2.05) is 6.92 Å². The number of aliphatic carboxylic acids is 1. The van der Waals surface area contributed by atoms with E-state index in [2.05, 4.69) is 27.4 Å². The highest BCUT2D eigenvalue weighted by atomic mass is 16.4. The standard InChI is InChI=1S/C20H32O3/c1-13(11-18(22)23)7-8-15-14(2)16(21)12-17-19(3,4)9-6-10-20(15,17)5/h11,15-17,21H,2,6-10,12H2,1,3-5H3,(H,22,23)/b13-11+/t15-,16+,17?,20+/m0/s1. The maximum absolute atomic E-state index is 10.8. The molecule has 0 aromatic carbocycles. The van der Waals surface area contributed by atoms with Crippen LogP contribution in [-0.4, -0.2) is 22.3 Å². The second kappa shape index (κ2) is 6.43. The number of aliphatic hydroxyl groups excluding tert-OH is 1. The molecular formula is C20H32O3. The maximum atomic E-state index is 10.8. The summed E-state index contributed by atoms with van der Waals surface area (Å²) in [6.45, 7) is 13.1. The Hall–Kier alpha value is -1.09. The smallest absolute Gasteiger partial charge is 0.328 e. The fraction of sp³-hybridized carbons (Fsp3) is 0.750. The fourth-order valence-corrected chi connectivity index (χ4v) is 5.37. The predicted molar refractivity (Wildman–Crippen MR) is 93.1 cm³/mol. The van der Waals surface area contributed by atoms with Gasteiger partial charge < -0.3 is 10.2 Å². The second-order valence-electron chi connectivity index (χ2n) is 8.65. The molecule has 0 radical (unpaired) electrons. The van der Waals surface area contributed by atoms with Crippen molar-refractivity contribution < 1.29 is 15.0 Å². The lowest BCUT2D eigenvalue weighted by Crippen LogP contribution is -2.52. The Bertz CT molecular complexity index is 517. The van der Waals surface area contributed by atoms with Gasteiger partial charge in [-0.25, -0.2) is 4.79 Å². The molecule has 0 aromatic heterocycles. The number of hydrogen-bond acceptors (Lipinski definition) is 2. The molecule has 0 saturated heterocycles. The molecule has 130 valence electrons. The van der Waals surface area contributed by atoms with Gasteiger partial charge in [-0.15, -0.1) is 0 Å². The lowest BCUT2D eigenvalue weighted by molar-refractivity contribution is -0.131. The first-order valence-electron chi connectivity index (χ1n) is 8.85. The molecule has 2 fully saturated rings.